The minimum Gasteiger partial charge on any atom is -0.322 e. The lowest BCUT2D eigenvalue weighted by Gasteiger charge is -2.11. The molecular weight excluding hydrogens is 448 g/mol. The summed E-state index contributed by atoms with van der Waals surface area (Å²) in [4.78, 5) is 36.7. The van der Waals surface area contributed by atoms with Gasteiger partial charge in [0.1, 0.15) is 0 Å². The SMILES string of the molecule is Cc1ccc(/C=C/C(=O)NC(=S)NNC(=O)c2ccc(NC(=O)c3ccccc3C)cc2)cc1. The van der Waals surface area contributed by atoms with Crippen LogP contribution < -0.4 is 21.5 Å². The van der Waals surface area contributed by atoms with E-state index in [2.05, 4.69) is 21.5 Å². The van der Waals surface area contributed by atoms with Crippen LogP contribution in [0.1, 0.15) is 37.4 Å². The van der Waals surface area contributed by atoms with Gasteiger partial charge >= 0.3 is 0 Å². The van der Waals surface area contributed by atoms with Crippen LogP contribution >= 0.6 is 12.2 Å². The van der Waals surface area contributed by atoms with Crippen molar-refractivity contribution in [2.24, 2.45) is 0 Å². The first-order valence-corrected chi connectivity index (χ1v) is 10.9. The lowest BCUT2D eigenvalue weighted by Crippen LogP contribution is -2.48. The molecule has 0 aromatic heterocycles. The number of benzene rings is 3. The van der Waals surface area contributed by atoms with Gasteiger partial charge in [-0.15, -0.1) is 0 Å². The van der Waals surface area contributed by atoms with Crippen molar-refractivity contribution < 1.29 is 14.4 Å². The Labute approximate surface area is 203 Å². The van der Waals surface area contributed by atoms with Gasteiger partial charge in [0, 0.05) is 22.9 Å². The number of hydrogen-bond acceptors (Lipinski definition) is 4. The van der Waals surface area contributed by atoms with Gasteiger partial charge in [0.05, 0.1) is 0 Å². The lowest BCUT2D eigenvalue weighted by molar-refractivity contribution is -0.115. The largest absolute Gasteiger partial charge is 0.322 e. The Hall–Kier alpha value is -4.30. The van der Waals surface area contributed by atoms with Crippen molar-refractivity contribution in [1.82, 2.24) is 16.2 Å². The Kier molecular flexibility index (Phi) is 8.26. The predicted octanol–water partition coefficient (Wildman–Crippen LogP) is 3.90. The average molecular weight is 473 g/mol. The quantitative estimate of drug-likeness (QED) is 0.256. The minimum absolute atomic E-state index is 0.0472. The van der Waals surface area contributed by atoms with Crippen LogP contribution in [0, 0.1) is 13.8 Å². The van der Waals surface area contributed by atoms with Crippen LogP contribution in [-0.4, -0.2) is 22.8 Å². The molecule has 0 bridgehead atoms. The normalized spacial score (nSPS) is 10.4. The number of hydrogen-bond donors (Lipinski definition) is 4. The summed E-state index contributed by atoms with van der Waals surface area (Å²) in [5.41, 5.74) is 9.27. The zero-order valence-corrected chi connectivity index (χ0v) is 19.5. The van der Waals surface area contributed by atoms with Gasteiger partial charge < -0.3 is 5.32 Å². The second-order valence-electron chi connectivity index (χ2n) is 7.49. The highest BCUT2D eigenvalue weighted by Gasteiger charge is 2.10. The molecule has 0 radical (unpaired) electrons. The van der Waals surface area contributed by atoms with Crippen LogP contribution in [0.4, 0.5) is 5.69 Å². The van der Waals surface area contributed by atoms with Gasteiger partial charge in [-0.3, -0.25) is 30.6 Å². The topological polar surface area (TPSA) is 99.3 Å². The maximum Gasteiger partial charge on any atom is 0.269 e. The van der Waals surface area contributed by atoms with Gasteiger partial charge in [-0.05, 0) is 73.6 Å². The molecule has 0 aliphatic rings. The number of thiocarbonyl (C=S) groups is 1. The van der Waals surface area contributed by atoms with Crippen LogP contribution in [0.5, 0.6) is 0 Å². The van der Waals surface area contributed by atoms with E-state index in [-0.39, 0.29) is 11.0 Å². The molecule has 0 aliphatic heterocycles. The number of nitrogens with one attached hydrogen (secondary N) is 4. The van der Waals surface area contributed by atoms with E-state index in [0.717, 1.165) is 16.7 Å². The van der Waals surface area contributed by atoms with Crippen LogP contribution in [0.3, 0.4) is 0 Å². The summed E-state index contributed by atoms with van der Waals surface area (Å²) in [5.74, 6) is -1.11. The first kappa shape index (κ1) is 24.3. The molecule has 0 saturated heterocycles. The van der Waals surface area contributed by atoms with Crippen LogP contribution in [0.2, 0.25) is 0 Å². The van der Waals surface area contributed by atoms with Gasteiger partial charge in [0.15, 0.2) is 5.11 Å². The first-order valence-electron chi connectivity index (χ1n) is 10.4. The summed E-state index contributed by atoms with van der Waals surface area (Å²) < 4.78 is 0. The number of carbonyl (C=O) groups excluding carboxylic acids is 3. The van der Waals surface area contributed by atoms with Crippen molar-refractivity contribution in [3.8, 4) is 0 Å². The fraction of sp³-hybridized carbons (Fsp3) is 0.0769. The zero-order chi connectivity index (χ0) is 24.5. The molecule has 7 nitrogen and oxygen atoms in total. The predicted molar refractivity (Wildman–Crippen MR) is 137 cm³/mol. The van der Waals surface area contributed by atoms with E-state index in [1.807, 2.05) is 50.2 Å². The second kappa shape index (κ2) is 11.5. The summed E-state index contributed by atoms with van der Waals surface area (Å²) in [7, 11) is 0. The molecule has 0 saturated carbocycles. The summed E-state index contributed by atoms with van der Waals surface area (Å²) in [6.45, 7) is 3.85. The molecule has 172 valence electrons. The van der Waals surface area contributed by atoms with E-state index in [1.54, 1.807) is 42.5 Å². The van der Waals surface area contributed by atoms with Crippen molar-refractivity contribution in [3.05, 3.63) is 107 Å². The molecule has 3 amide bonds. The van der Waals surface area contributed by atoms with Crippen molar-refractivity contribution in [2.45, 2.75) is 13.8 Å². The molecule has 0 aliphatic carbocycles. The number of aryl methyl sites for hydroxylation is 2. The number of amides is 3. The number of anilines is 1. The highest BCUT2D eigenvalue weighted by Crippen LogP contribution is 2.13. The highest BCUT2D eigenvalue weighted by atomic mass is 32.1. The number of hydrazine groups is 1. The van der Waals surface area contributed by atoms with Crippen molar-refractivity contribution in [2.75, 3.05) is 5.32 Å². The molecule has 3 aromatic rings. The van der Waals surface area contributed by atoms with E-state index in [0.29, 0.717) is 16.8 Å². The van der Waals surface area contributed by atoms with Crippen molar-refractivity contribution in [1.29, 1.82) is 0 Å². The summed E-state index contributed by atoms with van der Waals surface area (Å²) in [6.07, 6.45) is 3.01. The van der Waals surface area contributed by atoms with Gasteiger partial charge in [0.2, 0.25) is 5.91 Å². The molecular formula is C26H24N4O3S. The van der Waals surface area contributed by atoms with Gasteiger partial charge in [-0.25, -0.2) is 0 Å². The van der Waals surface area contributed by atoms with Gasteiger partial charge in [0.25, 0.3) is 11.8 Å². The maximum absolute atomic E-state index is 12.4. The first-order chi connectivity index (χ1) is 16.3. The van der Waals surface area contributed by atoms with Gasteiger partial charge in [-0.2, -0.15) is 0 Å². The van der Waals surface area contributed by atoms with Crippen molar-refractivity contribution in [3.63, 3.8) is 0 Å². The number of carbonyl (C=O) groups is 3. The Morgan fingerprint density at radius 3 is 2.15 bits per heavy atom. The van der Waals surface area contributed by atoms with E-state index < -0.39 is 11.8 Å². The Morgan fingerprint density at radius 2 is 1.47 bits per heavy atom. The Morgan fingerprint density at radius 1 is 0.794 bits per heavy atom. The maximum atomic E-state index is 12.4. The van der Waals surface area contributed by atoms with E-state index in [1.165, 1.54) is 6.08 Å². The average Bonchev–Trinajstić information content (AvgIpc) is 2.83. The summed E-state index contributed by atoms with van der Waals surface area (Å²) in [5, 5.41) is 5.21. The molecule has 4 N–H and O–H groups in total. The number of rotatable bonds is 5. The molecule has 8 heteroatoms. The Bertz CT molecular complexity index is 1240. The fourth-order valence-corrected chi connectivity index (χ4v) is 3.10. The standard InChI is InChI=1S/C26H24N4O3S/c1-17-7-9-19(10-8-17)11-16-23(31)28-26(34)30-29-24(32)20-12-14-21(15-13-20)27-25(33)22-6-4-3-5-18(22)2/h3-16H,1-2H3,(H,27,33)(H,29,32)(H2,28,30,31,34)/b16-11+. The van der Waals surface area contributed by atoms with E-state index >= 15 is 0 Å². The van der Waals surface area contributed by atoms with E-state index in [9.17, 15) is 14.4 Å². The van der Waals surface area contributed by atoms with Gasteiger partial charge in [-0.1, -0.05) is 48.0 Å². The third kappa shape index (κ3) is 7.11. The van der Waals surface area contributed by atoms with Crippen LogP contribution in [0.25, 0.3) is 6.08 Å². The molecule has 34 heavy (non-hydrogen) atoms. The molecule has 0 spiro atoms. The van der Waals surface area contributed by atoms with Crippen LogP contribution in [0.15, 0.2) is 78.9 Å². The Balaban J connectivity index is 1.46. The van der Waals surface area contributed by atoms with Crippen molar-refractivity contribution >= 4 is 46.8 Å². The second-order valence-corrected chi connectivity index (χ2v) is 7.90. The monoisotopic (exact) mass is 472 g/mol. The zero-order valence-electron chi connectivity index (χ0n) is 18.7. The van der Waals surface area contributed by atoms with Crippen LogP contribution in [-0.2, 0) is 4.79 Å². The molecule has 0 atom stereocenters. The third-order valence-corrected chi connectivity index (χ3v) is 5.03. The summed E-state index contributed by atoms with van der Waals surface area (Å²) >= 11 is 5.03. The minimum atomic E-state index is -0.455. The molecule has 0 fully saturated rings. The molecule has 0 heterocycles. The smallest absolute Gasteiger partial charge is 0.269 e. The fourth-order valence-electron chi connectivity index (χ4n) is 2.95. The lowest BCUT2D eigenvalue weighted by atomic mass is 10.1. The highest BCUT2D eigenvalue weighted by molar-refractivity contribution is 7.80. The van der Waals surface area contributed by atoms with E-state index in [4.69, 9.17) is 12.2 Å². The third-order valence-electron chi connectivity index (χ3n) is 4.83. The molecule has 3 aromatic carbocycles. The summed E-state index contributed by atoms with van der Waals surface area (Å²) in [6, 6.07) is 21.4. The molecule has 0 unspecified atom stereocenters. The molecule has 3 rings (SSSR count).